The predicted octanol–water partition coefficient (Wildman–Crippen LogP) is 4.11. The number of hydrogen-bond acceptors (Lipinski definition) is 5. The van der Waals surface area contributed by atoms with E-state index in [-0.39, 0.29) is 0 Å². The Balaban J connectivity index is 1.60. The first-order valence-corrected chi connectivity index (χ1v) is 9.18. The molecule has 0 unspecified atom stereocenters. The van der Waals surface area contributed by atoms with E-state index >= 15 is 0 Å². The van der Waals surface area contributed by atoms with E-state index in [1.807, 2.05) is 48.5 Å². The normalized spacial score (nSPS) is 10.9. The van der Waals surface area contributed by atoms with E-state index in [0.29, 0.717) is 13.2 Å². The summed E-state index contributed by atoms with van der Waals surface area (Å²) in [5, 5.41) is 11.7. The second-order valence-corrected chi connectivity index (χ2v) is 6.48. The van der Waals surface area contributed by atoms with Crippen LogP contribution in [0.3, 0.4) is 0 Å². The molecule has 0 saturated carbocycles. The summed E-state index contributed by atoms with van der Waals surface area (Å²) in [6, 6.07) is 13.7. The summed E-state index contributed by atoms with van der Waals surface area (Å²) in [6.07, 6.45) is 7.37. The number of rotatable bonds is 9. The summed E-state index contributed by atoms with van der Waals surface area (Å²) in [4.78, 5) is 0. The van der Waals surface area contributed by atoms with Crippen molar-refractivity contribution < 1.29 is 9.47 Å². The zero-order valence-electron chi connectivity index (χ0n) is 14.7. The highest BCUT2D eigenvalue weighted by atomic mass is 79.9. The quantitative estimate of drug-likeness (QED) is 0.293. The number of ether oxygens (including phenoxy) is 2. The van der Waals surface area contributed by atoms with Crippen molar-refractivity contribution in [2.24, 2.45) is 5.10 Å². The van der Waals surface area contributed by atoms with Crippen LogP contribution in [0.1, 0.15) is 11.1 Å². The molecule has 0 saturated heterocycles. The van der Waals surface area contributed by atoms with Gasteiger partial charge in [-0.3, -0.25) is 0 Å². The van der Waals surface area contributed by atoms with E-state index in [1.165, 1.54) is 17.3 Å². The molecular formula is C20H19BrN4O2. The van der Waals surface area contributed by atoms with Crippen LogP contribution in [-0.4, -0.2) is 34.3 Å². The van der Waals surface area contributed by atoms with Gasteiger partial charge in [0.1, 0.15) is 37.4 Å². The van der Waals surface area contributed by atoms with E-state index in [9.17, 15) is 0 Å². The summed E-state index contributed by atoms with van der Waals surface area (Å²) in [6.45, 7) is 4.63. The van der Waals surface area contributed by atoms with Crippen LogP contribution in [0.4, 0.5) is 0 Å². The smallest absolute Gasteiger partial charge is 0.141 e. The molecule has 0 aliphatic carbocycles. The minimum atomic E-state index is 0.414. The summed E-state index contributed by atoms with van der Waals surface area (Å²) >= 11 is 3.47. The van der Waals surface area contributed by atoms with Gasteiger partial charge in [0, 0.05) is 10.0 Å². The van der Waals surface area contributed by atoms with Gasteiger partial charge in [0.05, 0.1) is 6.21 Å². The maximum absolute atomic E-state index is 5.89. The molecule has 7 heteroatoms. The molecule has 3 rings (SSSR count). The number of nitrogens with zero attached hydrogens (tertiary/aromatic N) is 4. The van der Waals surface area contributed by atoms with E-state index < -0.39 is 0 Å². The number of halogens is 1. The van der Waals surface area contributed by atoms with Crippen molar-refractivity contribution in [2.45, 2.75) is 6.42 Å². The molecule has 0 N–H and O–H groups in total. The summed E-state index contributed by atoms with van der Waals surface area (Å²) in [7, 11) is 0. The van der Waals surface area contributed by atoms with Crippen LogP contribution < -0.4 is 9.47 Å². The maximum Gasteiger partial charge on any atom is 0.141 e. The lowest BCUT2D eigenvalue weighted by molar-refractivity contribution is 0.216. The first-order valence-electron chi connectivity index (χ1n) is 8.39. The molecule has 1 aromatic heterocycles. The zero-order chi connectivity index (χ0) is 18.9. The highest BCUT2D eigenvalue weighted by Crippen LogP contribution is 2.22. The van der Waals surface area contributed by atoms with Crippen molar-refractivity contribution in [1.29, 1.82) is 0 Å². The predicted molar refractivity (Wildman–Crippen MR) is 108 cm³/mol. The van der Waals surface area contributed by atoms with Crippen molar-refractivity contribution in [3.8, 4) is 11.5 Å². The van der Waals surface area contributed by atoms with Crippen LogP contribution in [0.15, 0.2) is 77.3 Å². The molecule has 0 fully saturated rings. The standard InChI is InChI=1S/C20H19BrN4O2/c1-2-5-16-6-3-4-7-19(16)26-10-11-27-20-9-8-18(21)12-17(20)13-24-25-14-22-23-15-25/h2-4,6-9,12-15H,1,5,10-11H2/b24-13+. The highest BCUT2D eigenvalue weighted by molar-refractivity contribution is 9.10. The summed E-state index contributed by atoms with van der Waals surface area (Å²) < 4.78 is 14.2. The Morgan fingerprint density at radius 1 is 1.04 bits per heavy atom. The van der Waals surface area contributed by atoms with Crippen LogP contribution >= 0.6 is 15.9 Å². The second-order valence-electron chi connectivity index (χ2n) is 5.57. The first-order chi connectivity index (χ1) is 13.3. The van der Waals surface area contributed by atoms with Crippen LogP contribution in [0.5, 0.6) is 11.5 Å². The number of hydrogen-bond donors (Lipinski definition) is 0. The van der Waals surface area contributed by atoms with Gasteiger partial charge in [-0.2, -0.15) is 5.10 Å². The third-order valence-corrected chi connectivity index (χ3v) is 4.14. The van der Waals surface area contributed by atoms with Gasteiger partial charge in [-0.25, -0.2) is 4.68 Å². The zero-order valence-corrected chi connectivity index (χ0v) is 16.2. The Bertz CT molecular complexity index is 910. The Kier molecular flexibility index (Phi) is 6.76. The maximum atomic E-state index is 5.89. The number of para-hydroxylation sites is 1. The van der Waals surface area contributed by atoms with Gasteiger partial charge < -0.3 is 9.47 Å². The summed E-state index contributed by atoms with van der Waals surface area (Å²) in [5.41, 5.74) is 1.95. The Hall–Kier alpha value is -2.93. The van der Waals surface area contributed by atoms with E-state index in [0.717, 1.165) is 33.5 Å². The first kappa shape index (κ1) is 18.8. The second kappa shape index (κ2) is 9.68. The highest BCUT2D eigenvalue weighted by Gasteiger charge is 2.05. The fourth-order valence-corrected chi connectivity index (χ4v) is 2.79. The van der Waals surface area contributed by atoms with Crippen molar-refractivity contribution in [1.82, 2.24) is 14.9 Å². The van der Waals surface area contributed by atoms with E-state index in [1.54, 1.807) is 6.21 Å². The molecule has 3 aromatic rings. The van der Waals surface area contributed by atoms with Gasteiger partial charge in [0.25, 0.3) is 0 Å². The SMILES string of the molecule is C=CCc1ccccc1OCCOc1ccc(Br)cc1/C=N/n1cnnc1. The van der Waals surface area contributed by atoms with E-state index in [2.05, 4.69) is 37.8 Å². The lowest BCUT2D eigenvalue weighted by atomic mass is 10.1. The third kappa shape index (κ3) is 5.52. The molecule has 0 spiro atoms. The third-order valence-electron chi connectivity index (χ3n) is 3.64. The minimum Gasteiger partial charge on any atom is -0.490 e. The molecule has 2 aromatic carbocycles. The summed E-state index contributed by atoms with van der Waals surface area (Å²) in [5.74, 6) is 1.57. The molecule has 27 heavy (non-hydrogen) atoms. The molecule has 0 aliphatic rings. The number of benzene rings is 2. The van der Waals surface area contributed by atoms with Gasteiger partial charge in [-0.05, 0) is 36.2 Å². The van der Waals surface area contributed by atoms with Gasteiger partial charge >= 0.3 is 0 Å². The van der Waals surface area contributed by atoms with Crippen LogP contribution in [0.2, 0.25) is 0 Å². The number of aromatic nitrogens is 3. The molecule has 6 nitrogen and oxygen atoms in total. The monoisotopic (exact) mass is 426 g/mol. The van der Waals surface area contributed by atoms with E-state index in [4.69, 9.17) is 9.47 Å². The average Bonchev–Trinajstić information content (AvgIpc) is 3.20. The van der Waals surface area contributed by atoms with Crippen molar-refractivity contribution in [3.05, 3.63) is 83.4 Å². The van der Waals surface area contributed by atoms with Crippen LogP contribution in [-0.2, 0) is 6.42 Å². The lowest BCUT2D eigenvalue weighted by Gasteiger charge is -2.12. The molecule has 0 radical (unpaired) electrons. The Morgan fingerprint density at radius 2 is 1.78 bits per heavy atom. The van der Waals surface area contributed by atoms with Crippen LogP contribution in [0.25, 0.3) is 0 Å². The average molecular weight is 427 g/mol. The molecule has 0 atom stereocenters. The minimum absolute atomic E-state index is 0.414. The molecule has 1 heterocycles. The molecule has 138 valence electrons. The topological polar surface area (TPSA) is 61.5 Å². The largest absolute Gasteiger partial charge is 0.490 e. The van der Waals surface area contributed by atoms with Crippen molar-refractivity contribution in [2.75, 3.05) is 13.2 Å². The van der Waals surface area contributed by atoms with Gasteiger partial charge in [-0.15, -0.1) is 16.8 Å². The lowest BCUT2D eigenvalue weighted by Crippen LogP contribution is -2.11. The van der Waals surface area contributed by atoms with Crippen molar-refractivity contribution in [3.63, 3.8) is 0 Å². The molecule has 0 amide bonds. The molecule has 0 aliphatic heterocycles. The van der Waals surface area contributed by atoms with Gasteiger partial charge in [0.2, 0.25) is 0 Å². The van der Waals surface area contributed by atoms with Gasteiger partial charge in [-0.1, -0.05) is 40.2 Å². The molecular weight excluding hydrogens is 408 g/mol. The number of allylic oxidation sites excluding steroid dienone is 1. The molecule has 0 bridgehead atoms. The van der Waals surface area contributed by atoms with Crippen molar-refractivity contribution >= 4 is 22.1 Å². The fraction of sp³-hybridized carbons (Fsp3) is 0.150. The fourth-order valence-electron chi connectivity index (χ4n) is 2.41. The Morgan fingerprint density at radius 3 is 2.56 bits per heavy atom. The van der Waals surface area contributed by atoms with Crippen LogP contribution in [0, 0.1) is 0 Å². The Labute approximate surface area is 166 Å². The van der Waals surface area contributed by atoms with Gasteiger partial charge in [0.15, 0.2) is 0 Å².